The average Bonchev–Trinajstić information content (AvgIpc) is 2.17. The van der Waals surface area contributed by atoms with Gasteiger partial charge in [0, 0.05) is 10.0 Å². The Hall–Kier alpha value is -1.03. The molecule has 0 N–H and O–H groups in total. The maximum absolute atomic E-state index is 11.2. The van der Waals surface area contributed by atoms with Crippen LogP contribution in [0.25, 0.3) is 0 Å². The first-order valence-corrected chi connectivity index (χ1v) is 5.28. The molecule has 0 spiro atoms. The fraction of sp³-hybridized carbons (Fsp3) is 0.300. The SMILES string of the molecule is O=C1C[C@H]2Oc3ccc(Br)cc3CN12. The number of fused-ring (bicyclic) bond motifs is 2. The number of amides is 1. The third kappa shape index (κ3) is 1.07. The smallest absolute Gasteiger partial charge is 0.231 e. The Morgan fingerprint density at radius 2 is 2.36 bits per heavy atom. The van der Waals surface area contributed by atoms with Gasteiger partial charge in [-0.25, -0.2) is 0 Å². The van der Waals surface area contributed by atoms with Crippen LogP contribution in [-0.4, -0.2) is 17.0 Å². The van der Waals surface area contributed by atoms with Crippen molar-refractivity contribution in [2.45, 2.75) is 19.2 Å². The average molecular weight is 254 g/mol. The number of rotatable bonds is 0. The molecule has 0 saturated carbocycles. The van der Waals surface area contributed by atoms with E-state index in [0.29, 0.717) is 13.0 Å². The first-order valence-electron chi connectivity index (χ1n) is 4.48. The van der Waals surface area contributed by atoms with Crippen LogP contribution in [0.4, 0.5) is 0 Å². The van der Waals surface area contributed by atoms with E-state index in [0.717, 1.165) is 15.8 Å². The second-order valence-corrected chi connectivity index (χ2v) is 4.47. The van der Waals surface area contributed by atoms with Crippen LogP contribution < -0.4 is 4.74 Å². The molecule has 2 heterocycles. The van der Waals surface area contributed by atoms with E-state index in [9.17, 15) is 4.79 Å². The number of hydrogen-bond donors (Lipinski definition) is 0. The molecule has 3 nitrogen and oxygen atoms in total. The Morgan fingerprint density at radius 1 is 1.50 bits per heavy atom. The normalized spacial score (nSPS) is 23.4. The third-order valence-corrected chi connectivity index (χ3v) is 3.14. The zero-order valence-electron chi connectivity index (χ0n) is 7.37. The molecule has 4 heteroatoms. The van der Waals surface area contributed by atoms with Crippen LogP contribution in [0.2, 0.25) is 0 Å². The molecule has 14 heavy (non-hydrogen) atoms. The predicted molar refractivity (Wildman–Crippen MR) is 53.7 cm³/mol. The zero-order chi connectivity index (χ0) is 9.71. The summed E-state index contributed by atoms with van der Waals surface area (Å²) in [5.74, 6) is 1.09. The van der Waals surface area contributed by atoms with E-state index in [4.69, 9.17) is 4.74 Å². The molecule has 3 rings (SSSR count). The highest BCUT2D eigenvalue weighted by atomic mass is 79.9. The van der Waals surface area contributed by atoms with E-state index in [1.165, 1.54) is 0 Å². The first kappa shape index (κ1) is 8.29. The van der Waals surface area contributed by atoms with Gasteiger partial charge in [0.25, 0.3) is 0 Å². The van der Waals surface area contributed by atoms with E-state index in [-0.39, 0.29) is 12.1 Å². The molecule has 0 bridgehead atoms. The van der Waals surface area contributed by atoms with E-state index in [1.807, 2.05) is 18.2 Å². The molecule has 0 radical (unpaired) electrons. The topological polar surface area (TPSA) is 29.5 Å². The molecule has 1 saturated heterocycles. The van der Waals surface area contributed by atoms with Crippen LogP contribution in [0.1, 0.15) is 12.0 Å². The quantitative estimate of drug-likeness (QED) is 0.662. The highest BCUT2D eigenvalue weighted by molar-refractivity contribution is 9.10. The molecular formula is C10H8BrNO2. The first-order chi connectivity index (χ1) is 6.74. The third-order valence-electron chi connectivity index (χ3n) is 2.64. The van der Waals surface area contributed by atoms with Crippen LogP contribution >= 0.6 is 15.9 Å². The van der Waals surface area contributed by atoms with Gasteiger partial charge in [-0.15, -0.1) is 0 Å². The minimum Gasteiger partial charge on any atom is -0.470 e. The molecule has 2 aliphatic rings. The fourth-order valence-electron chi connectivity index (χ4n) is 1.84. The van der Waals surface area contributed by atoms with Crippen LogP contribution in [-0.2, 0) is 11.3 Å². The van der Waals surface area contributed by atoms with Gasteiger partial charge in [-0.3, -0.25) is 4.79 Å². The molecule has 1 aromatic rings. The highest BCUT2D eigenvalue weighted by Gasteiger charge is 2.41. The number of halogens is 1. The number of carbonyl (C=O) groups excluding carboxylic acids is 1. The van der Waals surface area contributed by atoms with Crippen molar-refractivity contribution in [2.75, 3.05) is 0 Å². The minimum absolute atomic E-state index is 0.0174. The van der Waals surface area contributed by atoms with Crippen molar-refractivity contribution in [3.05, 3.63) is 28.2 Å². The lowest BCUT2D eigenvalue weighted by molar-refractivity contribution is -0.165. The summed E-state index contributed by atoms with van der Waals surface area (Å²) < 4.78 is 6.66. The van der Waals surface area contributed by atoms with Gasteiger partial charge in [0.15, 0.2) is 6.23 Å². The maximum Gasteiger partial charge on any atom is 0.231 e. The molecule has 72 valence electrons. The summed E-state index contributed by atoms with van der Waals surface area (Å²) in [5, 5.41) is 0. The number of β-lactam (4-membered cyclic amide) rings is 1. The Morgan fingerprint density at radius 3 is 3.14 bits per heavy atom. The van der Waals surface area contributed by atoms with Gasteiger partial charge in [-0.05, 0) is 18.2 Å². The van der Waals surface area contributed by atoms with Crippen molar-refractivity contribution in [3.8, 4) is 5.75 Å². The maximum atomic E-state index is 11.2. The number of benzene rings is 1. The monoisotopic (exact) mass is 253 g/mol. The number of carbonyl (C=O) groups is 1. The lowest BCUT2D eigenvalue weighted by Crippen LogP contribution is -2.56. The van der Waals surface area contributed by atoms with Gasteiger partial charge in [0.1, 0.15) is 5.75 Å². The molecule has 1 amide bonds. The summed E-state index contributed by atoms with van der Waals surface area (Å²) in [6, 6.07) is 5.89. The molecule has 1 fully saturated rings. The van der Waals surface area contributed by atoms with Crippen molar-refractivity contribution < 1.29 is 9.53 Å². The summed E-state index contributed by atoms with van der Waals surface area (Å²) in [7, 11) is 0. The summed E-state index contributed by atoms with van der Waals surface area (Å²) in [6.45, 7) is 0.679. The second-order valence-electron chi connectivity index (χ2n) is 3.55. The van der Waals surface area contributed by atoms with Gasteiger partial charge in [0.05, 0.1) is 13.0 Å². The standard InChI is InChI=1S/C10H8BrNO2/c11-7-1-2-8-6(3-7)5-12-9(13)4-10(12)14-8/h1-3,10H,4-5H2/t10-/m1/s1. The highest BCUT2D eigenvalue weighted by Crippen LogP contribution is 2.35. The van der Waals surface area contributed by atoms with Crippen molar-refractivity contribution >= 4 is 21.8 Å². The largest absolute Gasteiger partial charge is 0.470 e. The van der Waals surface area contributed by atoms with Gasteiger partial charge < -0.3 is 9.64 Å². The summed E-state index contributed by atoms with van der Waals surface area (Å²) in [5.41, 5.74) is 1.07. The Bertz CT molecular complexity index is 419. The van der Waals surface area contributed by atoms with Gasteiger partial charge >= 0.3 is 0 Å². The number of ether oxygens (including phenoxy) is 1. The molecule has 1 aromatic carbocycles. The van der Waals surface area contributed by atoms with Crippen LogP contribution in [0, 0.1) is 0 Å². The van der Waals surface area contributed by atoms with Gasteiger partial charge in [-0.1, -0.05) is 15.9 Å². The van der Waals surface area contributed by atoms with Gasteiger partial charge in [0.2, 0.25) is 5.91 Å². The van der Waals surface area contributed by atoms with E-state index < -0.39 is 0 Å². The van der Waals surface area contributed by atoms with E-state index >= 15 is 0 Å². The zero-order valence-corrected chi connectivity index (χ0v) is 8.95. The lowest BCUT2D eigenvalue weighted by Gasteiger charge is -2.43. The number of hydrogen-bond acceptors (Lipinski definition) is 2. The summed E-state index contributed by atoms with van der Waals surface area (Å²) in [4.78, 5) is 13.0. The van der Waals surface area contributed by atoms with E-state index in [1.54, 1.807) is 4.90 Å². The predicted octanol–water partition coefficient (Wildman–Crippen LogP) is 1.90. The van der Waals surface area contributed by atoms with Crippen molar-refractivity contribution in [1.82, 2.24) is 4.90 Å². The lowest BCUT2D eigenvalue weighted by atomic mass is 10.1. The fourth-order valence-corrected chi connectivity index (χ4v) is 2.25. The Labute approximate surface area is 89.8 Å². The number of nitrogens with zero attached hydrogens (tertiary/aromatic N) is 1. The van der Waals surface area contributed by atoms with Crippen LogP contribution in [0.5, 0.6) is 5.75 Å². The second kappa shape index (κ2) is 2.73. The summed E-state index contributed by atoms with van der Waals surface area (Å²) >= 11 is 3.40. The van der Waals surface area contributed by atoms with Gasteiger partial charge in [-0.2, -0.15) is 0 Å². The Balaban J connectivity index is 2.00. The minimum atomic E-state index is -0.0174. The molecule has 2 aliphatic heterocycles. The molecule has 1 atom stereocenters. The molecular weight excluding hydrogens is 246 g/mol. The Kier molecular flexibility index (Phi) is 1.62. The van der Waals surface area contributed by atoms with Crippen LogP contribution in [0.3, 0.4) is 0 Å². The molecule has 0 unspecified atom stereocenters. The summed E-state index contributed by atoms with van der Waals surface area (Å²) in [6.07, 6.45) is 0.506. The van der Waals surface area contributed by atoms with E-state index in [2.05, 4.69) is 15.9 Å². The van der Waals surface area contributed by atoms with Crippen molar-refractivity contribution in [1.29, 1.82) is 0 Å². The van der Waals surface area contributed by atoms with Crippen molar-refractivity contribution in [3.63, 3.8) is 0 Å². The van der Waals surface area contributed by atoms with Crippen molar-refractivity contribution in [2.24, 2.45) is 0 Å². The molecule has 0 aliphatic carbocycles. The molecule has 0 aromatic heterocycles. The van der Waals surface area contributed by atoms with Crippen LogP contribution in [0.15, 0.2) is 22.7 Å².